The second-order valence-electron chi connectivity index (χ2n) is 14.1. The molecular weight excluding hydrogens is 592 g/mol. The fraction of sp³-hybridized carbons (Fsp3) is 0.486. The number of pyridine rings is 4. The second kappa shape index (κ2) is 10.5. The summed E-state index contributed by atoms with van der Waals surface area (Å²) in [6.45, 7) is 2.89. The smallest absolute Gasteiger partial charge is 0.271 e. The third-order valence-corrected chi connectivity index (χ3v) is 11.4. The number of nitrogens with zero attached hydrogens (tertiary/aromatic N) is 8. The molecule has 12 heteroatoms. The summed E-state index contributed by atoms with van der Waals surface area (Å²) in [6, 6.07) is 11.9. The van der Waals surface area contributed by atoms with Crippen LogP contribution in [0.15, 0.2) is 33.9 Å². The standard InChI is InChI=1S/C35H38N10O2/c1-38-26-6-4-23-28(40-26)30(21(19-36)32(46)39-23)44-16-12-35(13-17-44)18-25(35)45-24-5-7-27(42(2)3)41-29(24)31(22(20-37)33(45)47)43-14-10-34(8-9-34)11-15-43/h4-7,25H,8-18H2,1-3H3,(H,38,40)(H,39,46). The van der Waals surface area contributed by atoms with E-state index in [1.807, 2.05) is 35.7 Å². The van der Waals surface area contributed by atoms with E-state index in [0.29, 0.717) is 46.7 Å². The zero-order valence-electron chi connectivity index (χ0n) is 27.1. The normalized spacial score (nSPS) is 20.7. The molecule has 4 aromatic heterocycles. The van der Waals surface area contributed by atoms with Crippen molar-refractivity contribution in [3.63, 3.8) is 0 Å². The molecular formula is C35H38N10O2. The van der Waals surface area contributed by atoms with Crippen LogP contribution in [0.3, 0.4) is 0 Å². The van der Waals surface area contributed by atoms with Gasteiger partial charge in [-0.2, -0.15) is 10.5 Å². The van der Waals surface area contributed by atoms with E-state index >= 15 is 0 Å². The molecule has 8 rings (SSSR count). The highest BCUT2D eigenvalue weighted by atomic mass is 16.1. The van der Waals surface area contributed by atoms with E-state index in [4.69, 9.17) is 9.97 Å². The number of hydrogen-bond acceptors (Lipinski definition) is 10. The van der Waals surface area contributed by atoms with Crippen LogP contribution < -0.4 is 31.1 Å². The molecule has 2 aliphatic carbocycles. The largest absolute Gasteiger partial charge is 0.373 e. The molecule has 2 spiro atoms. The van der Waals surface area contributed by atoms with Crippen LogP contribution in [-0.2, 0) is 0 Å². The third-order valence-electron chi connectivity index (χ3n) is 11.4. The predicted molar refractivity (Wildman–Crippen MR) is 182 cm³/mol. The van der Waals surface area contributed by atoms with Crippen molar-refractivity contribution in [3.8, 4) is 12.1 Å². The van der Waals surface area contributed by atoms with Gasteiger partial charge in [-0.25, -0.2) is 9.97 Å². The average molecular weight is 631 g/mol. The van der Waals surface area contributed by atoms with Gasteiger partial charge in [0.2, 0.25) is 0 Å². The number of anilines is 4. The molecule has 1 atom stereocenters. The van der Waals surface area contributed by atoms with Gasteiger partial charge >= 0.3 is 0 Å². The van der Waals surface area contributed by atoms with Crippen LogP contribution in [0.4, 0.5) is 23.0 Å². The minimum absolute atomic E-state index is 0.0612. The minimum atomic E-state index is -0.425. The highest BCUT2D eigenvalue weighted by Crippen LogP contribution is 2.63. The zero-order chi connectivity index (χ0) is 32.7. The Morgan fingerprint density at radius 3 is 2.15 bits per heavy atom. The van der Waals surface area contributed by atoms with Gasteiger partial charge in [-0.05, 0) is 80.0 Å². The molecule has 2 N–H and O–H groups in total. The quantitative estimate of drug-likeness (QED) is 0.330. The molecule has 1 unspecified atom stereocenters. The van der Waals surface area contributed by atoms with Gasteiger partial charge in [0.1, 0.15) is 45.9 Å². The van der Waals surface area contributed by atoms with Crippen molar-refractivity contribution in [1.29, 1.82) is 10.5 Å². The number of aromatic nitrogens is 4. The van der Waals surface area contributed by atoms with Crippen LogP contribution in [0.1, 0.15) is 62.1 Å². The lowest BCUT2D eigenvalue weighted by atomic mass is 9.91. The Labute approximate surface area is 272 Å². The number of H-pyrrole nitrogens is 1. The summed E-state index contributed by atoms with van der Waals surface area (Å²) in [5, 5.41) is 23.5. The van der Waals surface area contributed by atoms with E-state index in [1.165, 1.54) is 12.8 Å². The molecule has 0 radical (unpaired) electrons. The molecule has 4 aromatic rings. The SMILES string of the molecule is CNc1ccc2[nH]c(=O)c(C#N)c(N3CCC4(CC3)CC4n3c(=O)c(C#N)c(N4CCC5(CC4)CC5)c4nc(N(C)C)ccc43)c2n1. The van der Waals surface area contributed by atoms with Crippen LogP contribution in [0.2, 0.25) is 0 Å². The van der Waals surface area contributed by atoms with Crippen molar-refractivity contribution in [2.45, 2.75) is 51.0 Å². The van der Waals surface area contributed by atoms with Crippen LogP contribution in [-0.4, -0.2) is 66.8 Å². The maximum Gasteiger partial charge on any atom is 0.271 e. The summed E-state index contributed by atoms with van der Waals surface area (Å²) in [4.78, 5) is 46.1. The molecule has 4 aliphatic rings. The molecule has 0 aromatic carbocycles. The second-order valence-corrected chi connectivity index (χ2v) is 14.1. The van der Waals surface area contributed by atoms with Crippen molar-refractivity contribution in [2.24, 2.45) is 10.8 Å². The lowest BCUT2D eigenvalue weighted by molar-refractivity contribution is 0.347. The Balaban J connectivity index is 1.16. The first-order valence-electron chi connectivity index (χ1n) is 16.5. The first kappa shape index (κ1) is 29.3. The molecule has 2 saturated carbocycles. The molecule has 4 fully saturated rings. The zero-order valence-corrected chi connectivity index (χ0v) is 27.1. The Morgan fingerprint density at radius 1 is 0.872 bits per heavy atom. The number of nitrogens with one attached hydrogen (secondary N) is 2. The molecule has 240 valence electrons. The van der Waals surface area contributed by atoms with E-state index in [1.54, 1.807) is 19.2 Å². The number of rotatable bonds is 5. The molecule has 0 amide bonds. The van der Waals surface area contributed by atoms with E-state index in [0.717, 1.165) is 62.0 Å². The lowest BCUT2D eigenvalue weighted by Crippen LogP contribution is -2.39. The first-order valence-corrected chi connectivity index (χ1v) is 16.5. The maximum absolute atomic E-state index is 14.3. The molecule has 0 bridgehead atoms. The third kappa shape index (κ3) is 4.53. The van der Waals surface area contributed by atoms with Crippen LogP contribution in [0.25, 0.3) is 22.1 Å². The Hall–Kier alpha value is -5.10. The molecule has 2 aliphatic heterocycles. The summed E-state index contributed by atoms with van der Waals surface area (Å²) >= 11 is 0. The Kier molecular flexibility index (Phi) is 6.52. The van der Waals surface area contributed by atoms with Crippen molar-refractivity contribution in [2.75, 3.05) is 67.3 Å². The van der Waals surface area contributed by atoms with Crippen LogP contribution in [0.5, 0.6) is 0 Å². The van der Waals surface area contributed by atoms with E-state index in [-0.39, 0.29) is 28.1 Å². The summed E-state index contributed by atoms with van der Waals surface area (Å²) in [5.41, 5.74) is 3.84. The van der Waals surface area contributed by atoms with Crippen LogP contribution in [0, 0.1) is 33.5 Å². The van der Waals surface area contributed by atoms with Crippen molar-refractivity contribution in [3.05, 3.63) is 56.1 Å². The Morgan fingerprint density at radius 2 is 1.53 bits per heavy atom. The van der Waals surface area contributed by atoms with Crippen molar-refractivity contribution < 1.29 is 0 Å². The number of fused-ring (bicyclic) bond motifs is 2. The van der Waals surface area contributed by atoms with Gasteiger partial charge in [0.25, 0.3) is 11.1 Å². The summed E-state index contributed by atoms with van der Waals surface area (Å²) in [7, 11) is 5.69. The van der Waals surface area contributed by atoms with Crippen molar-refractivity contribution in [1.82, 2.24) is 19.5 Å². The fourth-order valence-electron chi connectivity index (χ4n) is 8.21. The molecule has 2 saturated heterocycles. The average Bonchev–Trinajstić information content (AvgIpc) is 4.01. The Bertz CT molecular complexity index is 2150. The van der Waals surface area contributed by atoms with E-state index in [9.17, 15) is 20.1 Å². The van der Waals surface area contributed by atoms with Crippen LogP contribution >= 0.6 is 0 Å². The summed E-state index contributed by atoms with van der Waals surface area (Å²) < 4.78 is 1.86. The van der Waals surface area contributed by atoms with Gasteiger partial charge in [-0.3, -0.25) is 9.59 Å². The van der Waals surface area contributed by atoms with Gasteiger partial charge in [-0.15, -0.1) is 0 Å². The van der Waals surface area contributed by atoms with Gasteiger partial charge < -0.3 is 29.6 Å². The lowest BCUT2D eigenvalue weighted by Gasteiger charge is -2.36. The fourth-order valence-corrected chi connectivity index (χ4v) is 8.21. The summed E-state index contributed by atoms with van der Waals surface area (Å²) in [5.74, 6) is 1.44. The molecule has 12 nitrogen and oxygen atoms in total. The summed E-state index contributed by atoms with van der Waals surface area (Å²) in [6.07, 6.45) is 7.10. The maximum atomic E-state index is 14.3. The van der Waals surface area contributed by atoms with E-state index < -0.39 is 5.56 Å². The van der Waals surface area contributed by atoms with Gasteiger partial charge in [0.15, 0.2) is 0 Å². The molecule has 6 heterocycles. The number of hydrogen-bond donors (Lipinski definition) is 2. The number of nitriles is 2. The topological polar surface area (TPSA) is 150 Å². The highest BCUT2D eigenvalue weighted by Gasteiger charge is 2.57. The number of aromatic amines is 1. The van der Waals surface area contributed by atoms with Gasteiger partial charge in [0, 0.05) is 53.4 Å². The highest BCUT2D eigenvalue weighted by molar-refractivity contribution is 5.94. The van der Waals surface area contributed by atoms with E-state index in [2.05, 4.69) is 32.2 Å². The van der Waals surface area contributed by atoms with Gasteiger partial charge in [0.05, 0.1) is 22.4 Å². The number of piperidine rings is 2. The molecule has 47 heavy (non-hydrogen) atoms. The predicted octanol–water partition coefficient (Wildman–Crippen LogP) is 4.10. The van der Waals surface area contributed by atoms with Gasteiger partial charge in [-0.1, -0.05) is 0 Å². The first-order chi connectivity index (χ1) is 22.7. The minimum Gasteiger partial charge on any atom is -0.373 e. The monoisotopic (exact) mass is 630 g/mol. The van der Waals surface area contributed by atoms with Crippen molar-refractivity contribution >= 4 is 45.1 Å².